The van der Waals surface area contributed by atoms with E-state index in [0.29, 0.717) is 6.42 Å². The fraction of sp³-hybridized carbons (Fsp3) is 0.438. The van der Waals surface area contributed by atoms with Gasteiger partial charge in [-0.2, -0.15) is 0 Å². The zero-order valence-electron chi connectivity index (χ0n) is 11.9. The van der Waals surface area contributed by atoms with Gasteiger partial charge < -0.3 is 9.72 Å². The number of H-pyrrole nitrogens is 1. The molecule has 0 radical (unpaired) electrons. The minimum Gasteiger partial charge on any atom is -0.468 e. The summed E-state index contributed by atoms with van der Waals surface area (Å²) < 4.78 is 4.91. The number of carbonyl (C=O) groups excluding carboxylic acids is 1. The molecule has 4 nitrogen and oxygen atoms in total. The monoisotopic (exact) mass is 272 g/mol. The van der Waals surface area contributed by atoms with Crippen molar-refractivity contribution < 1.29 is 9.53 Å². The second kappa shape index (κ2) is 5.29. The summed E-state index contributed by atoms with van der Waals surface area (Å²) in [7, 11) is 1.45. The van der Waals surface area contributed by atoms with Gasteiger partial charge in [-0.15, -0.1) is 0 Å². The highest BCUT2D eigenvalue weighted by Crippen LogP contribution is 2.33. The van der Waals surface area contributed by atoms with Crippen LogP contribution >= 0.6 is 0 Å². The van der Waals surface area contributed by atoms with Crippen LogP contribution in [0.15, 0.2) is 24.3 Å². The Kier molecular flexibility index (Phi) is 3.49. The lowest BCUT2D eigenvalue weighted by atomic mass is 9.92. The molecule has 1 aromatic carbocycles. The van der Waals surface area contributed by atoms with E-state index in [0.717, 1.165) is 18.4 Å². The number of aromatic amines is 1. The van der Waals surface area contributed by atoms with E-state index in [1.54, 1.807) is 0 Å². The van der Waals surface area contributed by atoms with E-state index < -0.39 is 0 Å². The molecule has 3 rings (SSSR count). The number of nitrogens with one attached hydrogen (secondary N) is 2. The topological polar surface area (TPSA) is 54.1 Å². The molecule has 2 atom stereocenters. The van der Waals surface area contributed by atoms with Crippen LogP contribution in [0.25, 0.3) is 10.9 Å². The number of rotatable bonds is 3. The Bertz CT molecular complexity index is 632. The van der Waals surface area contributed by atoms with Crippen molar-refractivity contribution in [1.82, 2.24) is 10.3 Å². The zero-order valence-corrected chi connectivity index (χ0v) is 11.9. The van der Waals surface area contributed by atoms with Crippen molar-refractivity contribution in [2.45, 2.75) is 38.3 Å². The molecule has 20 heavy (non-hydrogen) atoms. The summed E-state index contributed by atoms with van der Waals surface area (Å²) in [5, 5.41) is 4.64. The third kappa shape index (κ3) is 2.10. The summed E-state index contributed by atoms with van der Waals surface area (Å²) in [5.41, 5.74) is 3.63. The molecule has 0 saturated heterocycles. The molecular weight excluding hydrogens is 252 g/mol. The Balaban J connectivity index is 2.06. The van der Waals surface area contributed by atoms with Crippen LogP contribution < -0.4 is 5.32 Å². The lowest BCUT2D eigenvalue weighted by Gasteiger charge is -2.29. The highest BCUT2D eigenvalue weighted by atomic mass is 16.5. The van der Waals surface area contributed by atoms with Gasteiger partial charge in [0.05, 0.1) is 7.11 Å². The van der Waals surface area contributed by atoms with Gasteiger partial charge in [0.2, 0.25) is 0 Å². The zero-order chi connectivity index (χ0) is 14.1. The van der Waals surface area contributed by atoms with Crippen molar-refractivity contribution in [2.75, 3.05) is 7.11 Å². The quantitative estimate of drug-likeness (QED) is 0.845. The molecule has 2 aromatic rings. The summed E-state index contributed by atoms with van der Waals surface area (Å²) in [4.78, 5) is 15.4. The molecule has 2 N–H and O–H groups in total. The first-order chi connectivity index (χ1) is 9.74. The van der Waals surface area contributed by atoms with Crippen molar-refractivity contribution in [1.29, 1.82) is 0 Å². The van der Waals surface area contributed by atoms with E-state index in [1.807, 2.05) is 12.1 Å². The van der Waals surface area contributed by atoms with Gasteiger partial charge in [-0.1, -0.05) is 31.5 Å². The average Bonchev–Trinajstić information content (AvgIpc) is 2.86. The Morgan fingerprint density at radius 3 is 2.95 bits per heavy atom. The Morgan fingerprint density at radius 2 is 2.20 bits per heavy atom. The molecule has 0 bridgehead atoms. The van der Waals surface area contributed by atoms with Crippen LogP contribution in [0.3, 0.4) is 0 Å². The van der Waals surface area contributed by atoms with Crippen molar-refractivity contribution in [3.8, 4) is 0 Å². The first-order valence-corrected chi connectivity index (χ1v) is 7.18. The summed E-state index contributed by atoms with van der Waals surface area (Å²) in [6, 6.07) is 8.23. The molecule has 0 fully saturated rings. The van der Waals surface area contributed by atoms with Crippen LogP contribution in [0, 0.1) is 0 Å². The predicted molar refractivity (Wildman–Crippen MR) is 78.6 cm³/mol. The smallest absolute Gasteiger partial charge is 0.323 e. The molecule has 0 amide bonds. The fourth-order valence-electron chi connectivity index (χ4n) is 3.14. The number of esters is 1. The van der Waals surface area contributed by atoms with Gasteiger partial charge in [0.25, 0.3) is 0 Å². The molecule has 1 aliphatic heterocycles. The number of carbonyl (C=O) groups is 1. The number of hydrogen-bond donors (Lipinski definition) is 2. The van der Waals surface area contributed by atoms with Crippen LogP contribution in [0.4, 0.5) is 0 Å². The Hall–Kier alpha value is -1.81. The lowest BCUT2D eigenvalue weighted by Crippen LogP contribution is -2.45. The minimum absolute atomic E-state index is 0.179. The van der Waals surface area contributed by atoms with E-state index in [2.05, 4.69) is 29.4 Å². The van der Waals surface area contributed by atoms with E-state index in [9.17, 15) is 4.79 Å². The number of hydrogen-bond acceptors (Lipinski definition) is 3. The maximum Gasteiger partial charge on any atom is 0.323 e. The lowest BCUT2D eigenvalue weighted by molar-refractivity contribution is -0.143. The highest BCUT2D eigenvalue weighted by Gasteiger charge is 2.32. The summed E-state index contributed by atoms with van der Waals surface area (Å²) in [6.45, 7) is 2.16. The third-order valence-corrected chi connectivity index (χ3v) is 4.07. The number of ether oxygens (including phenoxy) is 1. The second-order valence-corrected chi connectivity index (χ2v) is 5.35. The first kappa shape index (κ1) is 13.2. The molecule has 0 unspecified atom stereocenters. The largest absolute Gasteiger partial charge is 0.468 e. The summed E-state index contributed by atoms with van der Waals surface area (Å²) >= 11 is 0. The van der Waals surface area contributed by atoms with Crippen molar-refractivity contribution in [3.05, 3.63) is 35.5 Å². The molecule has 0 spiro atoms. The summed E-state index contributed by atoms with van der Waals surface area (Å²) in [6.07, 6.45) is 2.76. The molecular formula is C16H20N2O2. The number of fused-ring (bicyclic) bond motifs is 3. The average molecular weight is 272 g/mol. The van der Waals surface area contributed by atoms with Gasteiger partial charge >= 0.3 is 5.97 Å². The molecule has 0 saturated carbocycles. The fourth-order valence-corrected chi connectivity index (χ4v) is 3.14. The molecule has 0 aliphatic carbocycles. The van der Waals surface area contributed by atoms with Gasteiger partial charge in [0.1, 0.15) is 6.04 Å². The number of aromatic nitrogens is 1. The van der Waals surface area contributed by atoms with E-state index >= 15 is 0 Å². The van der Waals surface area contributed by atoms with Gasteiger partial charge in [-0.3, -0.25) is 10.1 Å². The van der Waals surface area contributed by atoms with Crippen LogP contribution in [0.1, 0.15) is 37.1 Å². The highest BCUT2D eigenvalue weighted by molar-refractivity contribution is 5.87. The van der Waals surface area contributed by atoms with Crippen molar-refractivity contribution in [3.63, 3.8) is 0 Å². The number of methoxy groups -OCH3 is 1. The summed E-state index contributed by atoms with van der Waals surface area (Å²) in [5.74, 6) is -0.179. The van der Waals surface area contributed by atoms with Crippen LogP contribution in [0.5, 0.6) is 0 Å². The normalized spacial score (nSPS) is 21.7. The van der Waals surface area contributed by atoms with Gasteiger partial charge in [-0.05, 0) is 18.1 Å². The van der Waals surface area contributed by atoms with Gasteiger partial charge in [-0.25, -0.2) is 0 Å². The maximum atomic E-state index is 11.9. The SMILES string of the molecule is CCC[C@@H]1N[C@H](C(=O)OC)Cc2c1[nH]c1ccccc21. The molecule has 1 aliphatic rings. The predicted octanol–water partition coefficient (Wildman–Crippen LogP) is 2.70. The van der Waals surface area contributed by atoms with Crippen LogP contribution in [0.2, 0.25) is 0 Å². The first-order valence-electron chi connectivity index (χ1n) is 7.18. The number of benzene rings is 1. The van der Waals surface area contributed by atoms with Crippen LogP contribution in [-0.2, 0) is 16.0 Å². The van der Waals surface area contributed by atoms with Gasteiger partial charge in [0.15, 0.2) is 0 Å². The molecule has 2 heterocycles. The molecule has 106 valence electrons. The third-order valence-electron chi connectivity index (χ3n) is 4.07. The molecule has 4 heteroatoms. The van der Waals surface area contributed by atoms with Crippen molar-refractivity contribution in [2.24, 2.45) is 0 Å². The number of para-hydroxylation sites is 1. The Labute approximate surface area is 118 Å². The minimum atomic E-state index is -0.247. The second-order valence-electron chi connectivity index (χ2n) is 5.35. The standard InChI is InChI=1S/C16H20N2O2/c1-3-6-13-15-11(9-14(17-13)16(19)20-2)10-7-4-5-8-12(10)18-15/h4-5,7-8,13-14,17-18H,3,6,9H2,1-2H3/t13-,14-/m0/s1. The van der Waals surface area contributed by atoms with E-state index in [1.165, 1.54) is 23.8 Å². The van der Waals surface area contributed by atoms with Crippen molar-refractivity contribution >= 4 is 16.9 Å². The van der Waals surface area contributed by atoms with E-state index in [-0.39, 0.29) is 18.1 Å². The maximum absolute atomic E-state index is 11.9. The van der Waals surface area contributed by atoms with E-state index in [4.69, 9.17) is 4.74 Å². The molecule has 1 aromatic heterocycles. The van der Waals surface area contributed by atoms with Gasteiger partial charge in [0, 0.05) is 29.1 Å². The Morgan fingerprint density at radius 1 is 1.40 bits per heavy atom. The van der Waals surface area contributed by atoms with Crippen LogP contribution in [-0.4, -0.2) is 24.1 Å².